The summed E-state index contributed by atoms with van der Waals surface area (Å²) in [5.74, 6) is -0.208. The van der Waals surface area contributed by atoms with E-state index < -0.39 is 12.6 Å². The Morgan fingerprint density at radius 1 is 1.38 bits per heavy atom. The molecule has 2 heterocycles. The van der Waals surface area contributed by atoms with Crippen molar-refractivity contribution in [2.24, 2.45) is 0 Å². The molecule has 2 rings (SSSR count). The third-order valence-electron chi connectivity index (χ3n) is 3.49. The minimum Gasteiger partial charge on any atom is -0.348 e. The quantitative estimate of drug-likeness (QED) is 0.927. The van der Waals surface area contributed by atoms with Gasteiger partial charge in [0.25, 0.3) is 5.91 Å². The molecular formula is C14H18F3N3O. The predicted octanol–water partition coefficient (Wildman–Crippen LogP) is 2.23. The van der Waals surface area contributed by atoms with E-state index in [1.165, 1.54) is 12.4 Å². The van der Waals surface area contributed by atoms with Crippen molar-refractivity contribution in [3.8, 4) is 0 Å². The minimum absolute atomic E-state index is 0.00880. The Bertz CT molecular complexity index is 464. The number of aromatic nitrogens is 1. The van der Waals surface area contributed by atoms with Crippen LogP contribution in [0.25, 0.3) is 0 Å². The molecule has 116 valence electrons. The molecule has 7 heteroatoms. The van der Waals surface area contributed by atoms with Gasteiger partial charge in [-0.15, -0.1) is 0 Å². The van der Waals surface area contributed by atoms with Gasteiger partial charge < -0.3 is 10.2 Å². The first-order valence-corrected chi connectivity index (χ1v) is 6.94. The average Bonchev–Trinajstić information content (AvgIpc) is 2.46. The van der Waals surface area contributed by atoms with E-state index in [4.69, 9.17) is 0 Å². The molecule has 1 atom stereocenters. The molecule has 0 bridgehead atoms. The first-order chi connectivity index (χ1) is 9.94. The average molecular weight is 301 g/mol. The number of hydrogen-bond donors (Lipinski definition) is 1. The number of piperidine rings is 1. The summed E-state index contributed by atoms with van der Waals surface area (Å²) >= 11 is 0. The number of carbonyl (C=O) groups is 1. The normalized spacial score (nSPS) is 20.2. The lowest BCUT2D eigenvalue weighted by Crippen LogP contribution is -2.48. The third-order valence-corrected chi connectivity index (χ3v) is 3.49. The van der Waals surface area contributed by atoms with Crippen LogP contribution in [0.1, 0.15) is 29.6 Å². The zero-order valence-corrected chi connectivity index (χ0v) is 11.6. The van der Waals surface area contributed by atoms with Gasteiger partial charge in [0.2, 0.25) is 0 Å². The number of hydrogen-bond acceptors (Lipinski definition) is 3. The van der Waals surface area contributed by atoms with Gasteiger partial charge in [-0.25, -0.2) is 0 Å². The van der Waals surface area contributed by atoms with Gasteiger partial charge in [-0.1, -0.05) is 0 Å². The second-order valence-electron chi connectivity index (χ2n) is 5.21. The summed E-state index contributed by atoms with van der Waals surface area (Å²) in [7, 11) is 0. The Morgan fingerprint density at radius 3 is 2.76 bits per heavy atom. The molecule has 0 aromatic carbocycles. The van der Waals surface area contributed by atoms with Crippen LogP contribution < -0.4 is 5.32 Å². The molecule has 1 fully saturated rings. The van der Waals surface area contributed by atoms with E-state index in [9.17, 15) is 18.0 Å². The number of amides is 1. The Hall–Kier alpha value is -1.63. The van der Waals surface area contributed by atoms with Crippen molar-refractivity contribution < 1.29 is 18.0 Å². The minimum atomic E-state index is -4.13. The molecule has 1 N–H and O–H groups in total. The number of carbonyl (C=O) groups excluding carboxylic acids is 1. The maximum atomic E-state index is 12.2. The number of rotatable bonds is 4. The van der Waals surface area contributed by atoms with Crippen molar-refractivity contribution in [1.29, 1.82) is 0 Å². The van der Waals surface area contributed by atoms with Crippen LogP contribution in [0.3, 0.4) is 0 Å². The van der Waals surface area contributed by atoms with Crippen molar-refractivity contribution in [2.75, 3.05) is 19.6 Å². The Labute approximate surface area is 121 Å². The molecular weight excluding hydrogens is 283 g/mol. The number of pyridine rings is 1. The van der Waals surface area contributed by atoms with Crippen molar-refractivity contribution in [2.45, 2.75) is 31.5 Å². The monoisotopic (exact) mass is 301 g/mol. The number of nitrogens with one attached hydrogen (secondary N) is 1. The summed E-state index contributed by atoms with van der Waals surface area (Å²) in [6, 6.07) is 3.12. The maximum Gasteiger partial charge on any atom is 0.390 e. The molecule has 1 aromatic heterocycles. The molecule has 1 aliphatic rings. The van der Waals surface area contributed by atoms with Gasteiger partial charge in [-0.05, 0) is 31.5 Å². The van der Waals surface area contributed by atoms with Crippen LogP contribution in [0.15, 0.2) is 24.5 Å². The van der Waals surface area contributed by atoms with Crippen molar-refractivity contribution in [1.82, 2.24) is 15.2 Å². The fourth-order valence-electron chi connectivity index (χ4n) is 2.43. The van der Waals surface area contributed by atoms with Crippen LogP contribution in [0, 0.1) is 0 Å². The fraction of sp³-hybridized carbons (Fsp3) is 0.571. The Balaban J connectivity index is 1.82. The van der Waals surface area contributed by atoms with E-state index in [0.717, 1.165) is 12.8 Å². The molecule has 1 amide bonds. The lowest BCUT2D eigenvalue weighted by molar-refractivity contribution is -0.138. The van der Waals surface area contributed by atoms with E-state index in [0.29, 0.717) is 18.7 Å². The number of nitrogens with zero attached hydrogens (tertiary/aromatic N) is 2. The lowest BCUT2D eigenvalue weighted by Gasteiger charge is -2.33. The molecule has 4 nitrogen and oxygen atoms in total. The van der Waals surface area contributed by atoms with Gasteiger partial charge in [0.1, 0.15) is 0 Å². The highest BCUT2D eigenvalue weighted by atomic mass is 19.4. The highest BCUT2D eigenvalue weighted by Crippen LogP contribution is 2.21. The largest absolute Gasteiger partial charge is 0.390 e. The van der Waals surface area contributed by atoms with E-state index in [1.807, 2.05) is 0 Å². The number of halogens is 3. The van der Waals surface area contributed by atoms with Crippen LogP contribution in [0.2, 0.25) is 0 Å². The first kappa shape index (κ1) is 15.8. The van der Waals surface area contributed by atoms with Gasteiger partial charge >= 0.3 is 6.18 Å². The smallest absolute Gasteiger partial charge is 0.348 e. The topological polar surface area (TPSA) is 45.2 Å². The van der Waals surface area contributed by atoms with Crippen molar-refractivity contribution >= 4 is 5.91 Å². The highest BCUT2D eigenvalue weighted by molar-refractivity contribution is 5.94. The van der Waals surface area contributed by atoms with Crippen LogP contribution in [0.4, 0.5) is 13.2 Å². The third kappa shape index (κ3) is 5.34. The van der Waals surface area contributed by atoms with Gasteiger partial charge in [0.15, 0.2) is 0 Å². The van der Waals surface area contributed by atoms with E-state index >= 15 is 0 Å². The van der Waals surface area contributed by atoms with E-state index in [2.05, 4.69) is 10.3 Å². The fourth-order valence-corrected chi connectivity index (χ4v) is 2.43. The Kier molecular flexibility index (Phi) is 5.17. The zero-order chi connectivity index (χ0) is 15.3. The van der Waals surface area contributed by atoms with Crippen molar-refractivity contribution in [3.63, 3.8) is 0 Å². The molecule has 1 aliphatic heterocycles. The summed E-state index contributed by atoms with van der Waals surface area (Å²) in [5, 5.41) is 2.87. The molecule has 0 aliphatic carbocycles. The summed E-state index contributed by atoms with van der Waals surface area (Å²) in [6.45, 7) is 1.11. The van der Waals surface area contributed by atoms with Gasteiger partial charge in [-0.3, -0.25) is 9.78 Å². The van der Waals surface area contributed by atoms with E-state index in [-0.39, 0.29) is 18.5 Å². The SMILES string of the molecule is O=C(NC1CCCN(CCC(F)(F)F)C1)c1ccncc1. The standard InChI is InChI=1S/C14H18F3N3O/c15-14(16,17)5-9-20-8-1-2-12(10-20)19-13(21)11-3-6-18-7-4-11/h3-4,6-7,12H,1-2,5,8-10H2,(H,19,21). The second kappa shape index (κ2) is 6.89. The molecule has 0 spiro atoms. The highest BCUT2D eigenvalue weighted by Gasteiger charge is 2.29. The lowest BCUT2D eigenvalue weighted by atomic mass is 10.0. The summed E-state index contributed by atoms with van der Waals surface area (Å²) in [6.07, 6.45) is -0.291. The molecule has 0 radical (unpaired) electrons. The van der Waals surface area contributed by atoms with Crippen LogP contribution >= 0.6 is 0 Å². The van der Waals surface area contributed by atoms with Crippen molar-refractivity contribution in [3.05, 3.63) is 30.1 Å². The van der Waals surface area contributed by atoms with Crippen LogP contribution in [0.5, 0.6) is 0 Å². The summed E-state index contributed by atoms with van der Waals surface area (Å²) in [4.78, 5) is 17.6. The first-order valence-electron chi connectivity index (χ1n) is 6.94. The second-order valence-corrected chi connectivity index (χ2v) is 5.21. The Morgan fingerprint density at radius 2 is 2.10 bits per heavy atom. The van der Waals surface area contributed by atoms with Crippen LogP contribution in [-0.2, 0) is 0 Å². The van der Waals surface area contributed by atoms with Crippen LogP contribution in [-0.4, -0.2) is 47.6 Å². The molecule has 0 saturated carbocycles. The van der Waals surface area contributed by atoms with Gasteiger partial charge in [0, 0.05) is 37.1 Å². The summed E-state index contributed by atoms with van der Waals surface area (Å²) < 4.78 is 36.7. The van der Waals surface area contributed by atoms with E-state index in [1.54, 1.807) is 17.0 Å². The molecule has 21 heavy (non-hydrogen) atoms. The predicted molar refractivity (Wildman–Crippen MR) is 71.8 cm³/mol. The summed E-state index contributed by atoms with van der Waals surface area (Å²) in [5.41, 5.74) is 0.511. The zero-order valence-electron chi connectivity index (χ0n) is 11.6. The number of alkyl halides is 3. The van der Waals surface area contributed by atoms with Gasteiger partial charge in [-0.2, -0.15) is 13.2 Å². The maximum absolute atomic E-state index is 12.2. The van der Waals surface area contributed by atoms with Gasteiger partial charge in [0.05, 0.1) is 6.42 Å². The molecule has 1 saturated heterocycles. The number of likely N-dealkylation sites (tertiary alicyclic amines) is 1. The molecule has 1 unspecified atom stereocenters. The molecule has 1 aromatic rings.